The van der Waals surface area contributed by atoms with Gasteiger partial charge in [-0.2, -0.15) is 0 Å². The van der Waals surface area contributed by atoms with E-state index in [1.807, 2.05) is 31.2 Å². The van der Waals surface area contributed by atoms with Crippen molar-refractivity contribution in [3.8, 4) is 11.3 Å². The maximum atomic E-state index is 14.5. The standard InChI is InChI=1S/C25H23F2N3O/c1-3-4-6-17-9-11-18(12-10-17)25(31)29-24-23(19-7-5-8-20(26)22(19)27)28-21-15-16(2)13-14-30(21)24/h5,7-15H,3-4,6H2,1-2H3,(H,29,31). The number of carbonyl (C=O) groups is 1. The molecule has 0 aliphatic carbocycles. The summed E-state index contributed by atoms with van der Waals surface area (Å²) in [7, 11) is 0. The van der Waals surface area contributed by atoms with Crippen molar-refractivity contribution in [1.82, 2.24) is 9.38 Å². The number of halogens is 2. The zero-order chi connectivity index (χ0) is 22.0. The Kier molecular flexibility index (Phi) is 5.80. The number of nitrogens with zero attached hydrogens (tertiary/aromatic N) is 2. The Morgan fingerprint density at radius 3 is 2.61 bits per heavy atom. The first kappa shape index (κ1) is 20.7. The van der Waals surface area contributed by atoms with E-state index in [9.17, 15) is 13.6 Å². The smallest absolute Gasteiger partial charge is 0.256 e. The van der Waals surface area contributed by atoms with Crippen LogP contribution in [0, 0.1) is 18.6 Å². The van der Waals surface area contributed by atoms with Crippen LogP contribution in [0.4, 0.5) is 14.6 Å². The van der Waals surface area contributed by atoms with Gasteiger partial charge in [-0.15, -0.1) is 0 Å². The van der Waals surface area contributed by atoms with Crippen LogP contribution in [0.5, 0.6) is 0 Å². The number of pyridine rings is 1. The predicted molar refractivity (Wildman–Crippen MR) is 118 cm³/mol. The number of carbonyl (C=O) groups excluding carboxylic acids is 1. The first-order valence-electron chi connectivity index (χ1n) is 10.3. The lowest BCUT2D eigenvalue weighted by atomic mass is 10.1. The first-order valence-corrected chi connectivity index (χ1v) is 10.3. The van der Waals surface area contributed by atoms with Crippen molar-refractivity contribution >= 4 is 17.4 Å². The van der Waals surface area contributed by atoms with Gasteiger partial charge in [0.2, 0.25) is 0 Å². The van der Waals surface area contributed by atoms with Gasteiger partial charge in [-0.3, -0.25) is 9.20 Å². The summed E-state index contributed by atoms with van der Waals surface area (Å²) >= 11 is 0. The lowest BCUT2D eigenvalue weighted by molar-refractivity contribution is 0.102. The topological polar surface area (TPSA) is 46.4 Å². The largest absolute Gasteiger partial charge is 0.306 e. The Labute approximate surface area is 179 Å². The molecule has 1 amide bonds. The van der Waals surface area contributed by atoms with Gasteiger partial charge in [-0.25, -0.2) is 13.8 Å². The van der Waals surface area contributed by atoms with Crippen LogP contribution < -0.4 is 5.32 Å². The van der Waals surface area contributed by atoms with Gasteiger partial charge in [0, 0.05) is 17.3 Å². The number of amides is 1. The van der Waals surface area contributed by atoms with Crippen molar-refractivity contribution in [2.75, 3.05) is 5.32 Å². The third-order valence-corrected chi connectivity index (χ3v) is 5.26. The number of imidazole rings is 1. The van der Waals surface area contributed by atoms with Crippen molar-refractivity contribution in [3.63, 3.8) is 0 Å². The second-order valence-electron chi connectivity index (χ2n) is 7.60. The second kappa shape index (κ2) is 8.68. The van der Waals surface area contributed by atoms with Crippen LogP contribution in [0.25, 0.3) is 16.9 Å². The van der Waals surface area contributed by atoms with E-state index in [-0.39, 0.29) is 17.2 Å². The molecule has 4 rings (SSSR count). The fourth-order valence-electron chi connectivity index (χ4n) is 3.52. The molecular formula is C25H23F2N3O. The van der Waals surface area contributed by atoms with E-state index in [1.54, 1.807) is 22.7 Å². The van der Waals surface area contributed by atoms with Gasteiger partial charge < -0.3 is 5.32 Å². The summed E-state index contributed by atoms with van der Waals surface area (Å²) in [6, 6.07) is 15.0. The number of aryl methyl sites for hydroxylation is 2. The molecule has 0 spiro atoms. The van der Waals surface area contributed by atoms with Gasteiger partial charge in [-0.05, 0) is 67.3 Å². The molecule has 0 unspecified atom stereocenters. The quantitative estimate of drug-likeness (QED) is 0.405. The Hall–Kier alpha value is -3.54. The molecule has 0 fully saturated rings. The van der Waals surface area contributed by atoms with Crippen LogP contribution in [0.15, 0.2) is 60.8 Å². The number of hydrogen-bond acceptors (Lipinski definition) is 2. The Balaban J connectivity index is 1.74. The van der Waals surface area contributed by atoms with Crippen LogP contribution in [-0.4, -0.2) is 15.3 Å². The predicted octanol–water partition coefficient (Wildman–Crippen LogP) is 6.18. The SMILES string of the molecule is CCCCc1ccc(C(=O)Nc2c(-c3cccc(F)c3F)nc3cc(C)ccn23)cc1. The number of hydrogen-bond donors (Lipinski definition) is 1. The normalized spacial score (nSPS) is 11.1. The number of nitrogens with one attached hydrogen (secondary N) is 1. The highest BCUT2D eigenvalue weighted by molar-refractivity contribution is 6.05. The summed E-state index contributed by atoms with van der Waals surface area (Å²) < 4.78 is 30.1. The molecule has 2 heterocycles. The highest BCUT2D eigenvalue weighted by Gasteiger charge is 2.21. The Bertz CT molecular complexity index is 1250. The van der Waals surface area contributed by atoms with E-state index < -0.39 is 11.6 Å². The molecule has 0 saturated heterocycles. The van der Waals surface area contributed by atoms with Crippen molar-refractivity contribution < 1.29 is 13.6 Å². The average molecular weight is 419 g/mol. The van der Waals surface area contributed by atoms with E-state index in [4.69, 9.17) is 0 Å². The van der Waals surface area contributed by atoms with Crippen molar-refractivity contribution in [2.45, 2.75) is 33.1 Å². The third kappa shape index (κ3) is 4.19. The fraction of sp³-hybridized carbons (Fsp3) is 0.200. The monoisotopic (exact) mass is 419 g/mol. The highest BCUT2D eigenvalue weighted by Crippen LogP contribution is 2.32. The molecule has 4 nitrogen and oxygen atoms in total. The Morgan fingerprint density at radius 1 is 1.10 bits per heavy atom. The molecule has 4 aromatic rings. The van der Waals surface area contributed by atoms with E-state index in [0.29, 0.717) is 17.0 Å². The molecule has 31 heavy (non-hydrogen) atoms. The van der Waals surface area contributed by atoms with E-state index in [0.717, 1.165) is 30.9 Å². The fourth-order valence-corrected chi connectivity index (χ4v) is 3.52. The number of fused-ring (bicyclic) bond motifs is 1. The highest BCUT2D eigenvalue weighted by atomic mass is 19.2. The summed E-state index contributed by atoms with van der Waals surface area (Å²) in [5.41, 5.74) is 3.31. The maximum absolute atomic E-state index is 14.5. The molecule has 1 N–H and O–H groups in total. The molecular weight excluding hydrogens is 396 g/mol. The molecule has 0 aliphatic heterocycles. The minimum absolute atomic E-state index is 0.00781. The van der Waals surface area contributed by atoms with E-state index >= 15 is 0 Å². The summed E-state index contributed by atoms with van der Waals surface area (Å²) in [6.07, 6.45) is 4.92. The Morgan fingerprint density at radius 2 is 1.87 bits per heavy atom. The number of aromatic nitrogens is 2. The molecule has 0 bridgehead atoms. The van der Waals surface area contributed by atoms with Crippen molar-refractivity contribution in [1.29, 1.82) is 0 Å². The van der Waals surface area contributed by atoms with Gasteiger partial charge in [0.1, 0.15) is 17.2 Å². The van der Waals surface area contributed by atoms with Crippen molar-refractivity contribution in [3.05, 3.63) is 89.1 Å². The van der Waals surface area contributed by atoms with Crippen LogP contribution in [-0.2, 0) is 6.42 Å². The summed E-state index contributed by atoms with van der Waals surface area (Å²) in [6.45, 7) is 4.05. The molecule has 6 heteroatoms. The van der Waals surface area contributed by atoms with E-state index in [1.165, 1.54) is 17.7 Å². The third-order valence-electron chi connectivity index (χ3n) is 5.26. The van der Waals surface area contributed by atoms with Crippen LogP contribution in [0.3, 0.4) is 0 Å². The van der Waals surface area contributed by atoms with Crippen LogP contribution >= 0.6 is 0 Å². The average Bonchev–Trinajstić information content (AvgIpc) is 3.11. The van der Waals surface area contributed by atoms with Gasteiger partial charge >= 0.3 is 0 Å². The number of rotatable bonds is 6. The molecule has 0 saturated carbocycles. The number of unbranched alkanes of at least 4 members (excludes halogenated alkanes) is 1. The zero-order valence-corrected chi connectivity index (χ0v) is 17.5. The second-order valence-corrected chi connectivity index (χ2v) is 7.60. The molecule has 158 valence electrons. The molecule has 0 aliphatic rings. The minimum Gasteiger partial charge on any atom is -0.306 e. The zero-order valence-electron chi connectivity index (χ0n) is 17.5. The van der Waals surface area contributed by atoms with Crippen LogP contribution in [0.1, 0.15) is 41.3 Å². The van der Waals surface area contributed by atoms with Crippen molar-refractivity contribution in [2.24, 2.45) is 0 Å². The van der Waals surface area contributed by atoms with Gasteiger partial charge in [0.25, 0.3) is 5.91 Å². The maximum Gasteiger partial charge on any atom is 0.256 e. The van der Waals surface area contributed by atoms with E-state index in [2.05, 4.69) is 17.2 Å². The summed E-state index contributed by atoms with van der Waals surface area (Å²) in [4.78, 5) is 17.4. The van der Waals surface area contributed by atoms with Gasteiger partial charge in [-0.1, -0.05) is 31.5 Å². The summed E-state index contributed by atoms with van der Waals surface area (Å²) in [5, 5.41) is 2.85. The number of anilines is 1. The van der Waals surface area contributed by atoms with Crippen LogP contribution in [0.2, 0.25) is 0 Å². The summed E-state index contributed by atoms with van der Waals surface area (Å²) in [5.74, 6) is -2.02. The lowest BCUT2D eigenvalue weighted by Gasteiger charge is -2.09. The molecule has 0 radical (unpaired) electrons. The molecule has 2 aromatic carbocycles. The first-order chi connectivity index (χ1) is 15.0. The van der Waals surface area contributed by atoms with Gasteiger partial charge in [0.15, 0.2) is 11.6 Å². The number of benzene rings is 2. The molecule has 2 aromatic heterocycles. The van der Waals surface area contributed by atoms with Gasteiger partial charge in [0.05, 0.1) is 0 Å². The minimum atomic E-state index is -1.00. The molecule has 0 atom stereocenters. The lowest BCUT2D eigenvalue weighted by Crippen LogP contribution is -2.14.